The molecule has 3 amide bonds. The minimum absolute atomic E-state index is 0.0304. The number of imide groups is 1. The zero-order valence-corrected chi connectivity index (χ0v) is 16.8. The SMILES string of the molecule is O=C(NCc1ccccc1Cl)C1CCCCC1CN1C(=O)c2ccccc2C1=O. The summed E-state index contributed by atoms with van der Waals surface area (Å²) in [7, 11) is 0. The number of carbonyl (C=O) groups excluding carboxylic acids is 3. The van der Waals surface area contributed by atoms with E-state index in [0.29, 0.717) is 22.7 Å². The third-order valence-electron chi connectivity index (χ3n) is 5.95. The first kappa shape index (κ1) is 19.6. The molecule has 4 rings (SSSR count). The van der Waals surface area contributed by atoms with Crippen molar-refractivity contribution in [1.82, 2.24) is 10.2 Å². The molecule has 1 heterocycles. The number of amides is 3. The summed E-state index contributed by atoms with van der Waals surface area (Å²) in [5, 5.41) is 3.62. The molecule has 1 fully saturated rings. The van der Waals surface area contributed by atoms with Gasteiger partial charge in [-0.3, -0.25) is 19.3 Å². The summed E-state index contributed by atoms with van der Waals surface area (Å²) in [6.45, 7) is 0.658. The smallest absolute Gasteiger partial charge is 0.261 e. The lowest BCUT2D eigenvalue weighted by Crippen LogP contribution is -2.43. The average molecular weight is 411 g/mol. The second-order valence-electron chi connectivity index (χ2n) is 7.73. The van der Waals surface area contributed by atoms with Crippen molar-refractivity contribution in [3.63, 3.8) is 0 Å². The van der Waals surface area contributed by atoms with Gasteiger partial charge in [0.15, 0.2) is 0 Å². The number of carbonyl (C=O) groups is 3. The van der Waals surface area contributed by atoms with Crippen LogP contribution in [-0.2, 0) is 11.3 Å². The molecule has 6 heteroatoms. The Labute approximate surface area is 175 Å². The highest BCUT2D eigenvalue weighted by Crippen LogP contribution is 2.33. The summed E-state index contributed by atoms with van der Waals surface area (Å²) in [6.07, 6.45) is 3.57. The van der Waals surface area contributed by atoms with Crippen LogP contribution in [0.5, 0.6) is 0 Å². The lowest BCUT2D eigenvalue weighted by atomic mass is 9.78. The number of hydrogen-bond donors (Lipinski definition) is 1. The van der Waals surface area contributed by atoms with Crippen LogP contribution in [0, 0.1) is 11.8 Å². The summed E-state index contributed by atoms with van der Waals surface area (Å²) in [5.74, 6) is -0.795. The van der Waals surface area contributed by atoms with Gasteiger partial charge < -0.3 is 5.32 Å². The maximum absolute atomic E-state index is 12.9. The summed E-state index contributed by atoms with van der Waals surface area (Å²) in [6, 6.07) is 14.3. The monoisotopic (exact) mass is 410 g/mol. The van der Waals surface area contributed by atoms with Gasteiger partial charge in [-0.25, -0.2) is 0 Å². The van der Waals surface area contributed by atoms with E-state index in [9.17, 15) is 14.4 Å². The molecule has 0 bridgehead atoms. The predicted molar refractivity (Wildman–Crippen MR) is 111 cm³/mol. The van der Waals surface area contributed by atoms with Crippen molar-refractivity contribution >= 4 is 29.3 Å². The predicted octanol–water partition coefficient (Wildman–Crippen LogP) is 4.06. The molecule has 1 aliphatic carbocycles. The zero-order valence-electron chi connectivity index (χ0n) is 16.1. The molecule has 2 aromatic rings. The fraction of sp³-hybridized carbons (Fsp3) is 0.348. The number of benzene rings is 2. The standard InChI is InChI=1S/C23H23ClN2O3/c24-20-12-6-2-7-15(20)13-25-21(27)17-9-3-1-8-16(17)14-26-22(28)18-10-4-5-11-19(18)23(26)29/h2,4-7,10-12,16-17H,1,3,8-9,13-14H2,(H,25,27). The van der Waals surface area contributed by atoms with Crippen LogP contribution in [0.2, 0.25) is 5.02 Å². The fourth-order valence-corrected chi connectivity index (χ4v) is 4.57. The van der Waals surface area contributed by atoms with E-state index < -0.39 is 0 Å². The fourth-order valence-electron chi connectivity index (χ4n) is 4.37. The molecule has 150 valence electrons. The lowest BCUT2D eigenvalue weighted by molar-refractivity contribution is -0.128. The highest BCUT2D eigenvalue weighted by atomic mass is 35.5. The summed E-state index contributed by atoms with van der Waals surface area (Å²) >= 11 is 6.18. The van der Waals surface area contributed by atoms with Crippen molar-refractivity contribution in [2.45, 2.75) is 32.2 Å². The maximum atomic E-state index is 12.9. The van der Waals surface area contributed by atoms with Gasteiger partial charge in [0.1, 0.15) is 0 Å². The Kier molecular flexibility index (Phi) is 5.67. The average Bonchev–Trinajstić information content (AvgIpc) is 2.98. The molecule has 2 atom stereocenters. The molecule has 2 aromatic carbocycles. The van der Waals surface area contributed by atoms with E-state index in [4.69, 9.17) is 11.6 Å². The van der Waals surface area contributed by atoms with Crippen molar-refractivity contribution in [3.8, 4) is 0 Å². The minimum Gasteiger partial charge on any atom is -0.352 e. The van der Waals surface area contributed by atoms with Gasteiger partial charge in [-0.15, -0.1) is 0 Å². The van der Waals surface area contributed by atoms with Crippen LogP contribution in [-0.4, -0.2) is 29.2 Å². The molecule has 0 spiro atoms. The van der Waals surface area contributed by atoms with E-state index >= 15 is 0 Å². The van der Waals surface area contributed by atoms with E-state index in [2.05, 4.69) is 5.32 Å². The Morgan fingerprint density at radius 2 is 1.59 bits per heavy atom. The van der Waals surface area contributed by atoms with Crippen LogP contribution in [0.25, 0.3) is 0 Å². The van der Waals surface area contributed by atoms with Gasteiger partial charge >= 0.3 is 0 Å². The molecule has 1 aliphatic heterocycles. The van der Waals surface area contributed by atoms with Gasteiger partial charge in [0.25, 0.3) is 11.8 Å². The lowest BCUT2D eigenvalue weighted by Gasteiger charge is -2.32. The topological polar surface area (TPSA) is 66.5 Å². The van der Waals surface area contributed by atoms with Crippen molar-refractivity contribution < 1.29 is 14.4 Å². The second-order valence-corrected chi connectivity index (χ2v) is 8.13. The number of hydrogen-bond acceptors (Lipinski definition) is 3. The third kappa shape index (κ3) is 3.92. The Morgan fingerprint density at radius 3 is 2.28 bits per heavy atom. The maximum Gasteiger partial charge on any atom is 0.261 e. The first-order valence-electron chi connectivity index (χ1n) is 10.0. The minimum atomic E-state index is -0.258. The van der Waals surface area contributed by atoms with Crippen molar-refractivity contribution in [2.24, 2.45) is 11.8 Å². The van der Waals surface area contributed by atoms with Crippen LogP contribution >= 0.6 is 11.6 Å². The zero-order chi connectivity index (χ0) is 20.4. The highest BCUT2D eigenvalue weighted by molar-refractivity contribution is 6.31. The second kappa shape index (κ2) is 8.37. The summed E-state index contributed by atoms with van der Waals surface area (Å²) in [4.78, 5) is 39.6. The Hall–Kier alpha value is -2.66. The van der Waals surface area contributed by atoms with Gasteiger partial charge in [-0.1, -0.05) is 54.8 Å². The van der Waals surface area contributed by atoms with Crippen LogP contribution in [0.15, 0.2) is 48.5 Å². The molecular formula is C23H23ClN2O3. The van der Waals surface area contributed by atoms with Gasteiger partial charge in [0.05, 0.1) is 11.1 Å². The van der Waals surface area contributed by atoms with Crippen LogP contribution < -0.4 is 5.32 Å². The molecule has 1 saturated carbocycles. The van der Waals surface area contributed by atoms with E-state index in [0.717, 1.165) is 31.2 Å². The number of halogens is 1. The molecule has 1 N–H and O–H groups in total. The van der Waals surface area contributed by atoms with Gasteiger partial charge in [-0.2, -0.15) is 0 Å². The molecule has 0 radical (unpaired) electrons. The summed E-state index contributed by atoms with van der Waals surface area (Å²) < 4.78 is 0. The largest absolute Gasteiger partial charge is 0.352 e. The van der Waals surface area contributed by atoms with Crippen LogP contribution in [0.3, 0.4) is 0 Å². The van der Waals surface area contributed by atoms with E-state index in [1.807, 2.05) is 18.2 Å². The molecule has 0 saturated heterocycles. The van der Waals surface area contributed by atoms with Gasteiger partial charge in [-0.05, 0) is 42.5 Å². The number of nitrogens with zero attached hydrogens (tertiary/aromatic N) is 1. The normalized spacial score (nSPS) is 21.2. The number of rotatable bonds is 5. The molecule has 0 aromatic heterocycles. The van der Waals surface area contributed by atoms with E-state index in [-0.39, 0.29) is 36.1 Å². The quantitative estimate of drug-likeness (QED) is 0.756. The van der Waals surface area contributed by atoms with Crippen molar-refractivity contribution in [1.29, 1.82) is 0 Å². The molecule has 29 heavy (non-hydrogen) atoms. The molecule has 2 unspecified atom stereocenters. The Morgan fingerprint density at radius 1 is 0.966 bits per heavy atom. The number of fused-ring (bicyclic) bond motifs is 1. The molecule has 5 nitrogen and oxygen atoms in total. The first-order valence-corrected chi connectivity index (χ1v) is 10.4. The van der Waals surface area contributed by atoms with E-state index in [1.54, 1.807) is 30.3 Å². The Balaban J connectivity index is 1.44. The number of nitrogens with one attached hydrogen (secondary N) is 1. The Bertz CT molecular complexity index is 924. The first-order chi connectivity index (χ1) is 14.1. The van der Waals surface area contributed by atoms with Crippen LogP contribution in [0.4, 0.5) is 0 Å². The third-order valence-corrected chi connectivity index (χ3v) is 6.32. The van der Waals surface area contributed by atoms with Gasteiger partial charge in [0.2, 0.25) is 5.91 Å². The van der Waals surface area contributed by atoms with Gasteiger partial charge in [0, 0.05) is 24.0 Å². The molecular weight excluding hydrogens is 388 g/mol. The molecule has 2 aliphatic rings. The van der Waals surface area contributed by atoms with Crippen molar-refractivity contribution in [3.05, 3.63) is 70.2 Å². The van der Waals surface area contributed by atoms with Crippen molar-refractivity contribution in [2.75, 3.05) is 6.54 Å². The van der Waals surface area contributed by atoms with E-state index in [1.165, 1.54) is 4.90 Å². The summed E-state index contributed by atoms with van der Waals surface area (Å²) in [5.41, 5.74) is 1.77. The van der Waals surface area contributed by atoms with Crippen LogP contribution in [0.1, 0.15) is 52.0 Å². The highest BCUT2D eigenvalue weighted by Gasteiger charge is 2.39.